The summed E-state index contributed by atoms with van der Waals surface area (Å²) in [7, 11) is 0. The Balaban J connectivity index is 1.51. The van der Waals surface area contributed by atoms with Crippen LogP contribution in [-0.4, -0.2) is 46.6 Å². The number of aliphatic imine (C=N–C) groups is 1. The molecule has 1 atom stereocenters. The molecule has 0 saturated carbocycles. The van der Waals surface area contributed by atoms with Gasteiger partial charge in [-0.3, -0.25) is 5.10 Å². The molecule has 0 bridgehead atoms. The summed E-state index contributed by atoms with van der Waals surface area (Å²) in [5, 5.41) is 11.7. The Bertz CT molecular complexity index is 1100. The fraction of sp³-hybridized carbons (Fsp3) is 0.273. The van der Waals surface area contributed by atoms with Crippen LogP contribution in [0.25, 0.3) is 10.9 Å². The molecule has 1 unspecified atom stereocenters. The standard InChI is InChI=1S/C22H26FN7/c1-14-18-11-16(6-7-20(18)29-28-14)22(25)27-21(12-24)30-9-8-26-17(13-30)10-15-4-2-3-5-19(15)23/h2-7,11-12,17,26H,8-10,13,24H2,1H3,(H2,25,27)(H,28,29)/b21-12+. The molecule has 30 heavy (non-hydrogen) atoms. The number of amidine groups is 1. The molecule has 3 aromatic rings. The largest absolute Gasteiger partial charge is 0.402 e. The molecule has 1 fully saturated rings. The van der Waals surface area contributed by atoms with Gasteiger partial charge in [0.1, 0.15) is 17.5 Å². The van der Waals surface area contributed by atoms with Crippen molar-refractivity contribution >= 4 is 16.7 Å². The van der Waals surface area contributed by atoms with Crippen LogP contribution in [0.1, 0.15) is 16.8 Å². The number of halogens is 1. The fourth-order valence-electron chi connectivity index (χ4n) is 3.80. The van der Waals surface area contributed by atoms with E-state index in [9.17, 15) is 4.39 Å². The molecule has 2 heterocycles. The van der Waals surface area contributed by atoms with Crippen LogP contribution in [0.2, 0.25) is 0 Å². The van der Waals surface area contributed by atoms with Crippen LogP contribution in [0.3, 0.4) is 0 Å². The summed E-state index contributed by atoms with van der Waals surface area (Å²) in [5.41, 5.74) is 15.6. The monoisotopic (exact) mass is 407 g/mol. The molecule has 4 rings (SSSR count). The van der Waals surface area contributed by atoms with E-state index in [0.717, 1.165) is 35.2 Å². The van der Waals surface area contributed by atoms with Gasteiger partial charge >= 0.3 is 0 Å². The second kappa shape index (κ2) is 8.54. The topological polar surface area (TPSA) is 108 Å². The Morgan fingerprint density at radius 1 is 1.33 bits per heavy atom. The lowest BCUT2D eigenvalue weighted by molar-refractivity contribution is 0.242. The molecule has 7 nitrogen and oxygen atoms in total. The number of nitrogens with two attached hydrogens (primary N) is 2. The molecule has 0 amide bonds. The Labute approximate surface area is 174 Å². The van der Waals surface area contributed by atoms with E-state index in [1.807, 2.05) is 37.3 Å². The molecule has 1 aromatic heterocycles. The van der Waals surface area contributed by atoms with Gasteiger partial charge in [-0.1, -0.05) is 18.2 Å². The summed E-state index contributed by atoms with van der Waals surface area (Å²) < 4.78 is 14.0. The summed E-state index contributed by atoms with van der Waals surface area (Å²) in [6.07, 6.45) is 2.07. The smallest absolute Gasteiger partial charge is 0.146 e. The number of nitrogens with one attached hydrogen (secondary N) is 2. The summed E-state index contributed by atoms with van der Waals surface area (Å²) in [5.74, 6) is 0.813. The van der Waals surface area contributed by atoms with E-state index in [0.29, 0.717) is 30.2 Å². The molecule has 6 N–H and O–H groups in total. The first-order chi connectivity index (χ1) is 14.5. The molecule has 0 radical (unpaired) electrons. The van der Waals surface area contributed by atoms with Crippen molar-refractivity contribution in [1.29, 1.82) is 0 Å². The molecule has 0 spiro atoms. The zero-order chi connectivity index (χ0) is 21.1. The quantitative estimate of drug-likeness (QED) is 0.382. The first kappa shape index (κ1) is 19.9. The highest BCUT2D eigenvalue weighted by atomic mass is 19.1. The van der Waals surface area contributed by atoms with Crippen molar-refractivity contribution < 1.29 is 4.39 Å². The van der Waals surface area contributed by atoms with Gasteiger partial charge in [0.05, 0.1) is 5.52 Å². The number of rotatable bonds is 5. The van der Waals surface area contributed by atoms with E-state index in [4.69, 9.17) is 11.5 Å². The second-order valence-corrected chi connectivity index (χ2v) is 7.50. The van der Waals surface area contributed by atoms with Crippen molar-refractivity contribution in [3.8, 4) is 0 Å². The number of aromatic nitrogens is 2. The fourth-order valence-corrected chi connectivity index (χ4v) is 3.80. The lowest BCUT2D eigenvalue weighted by Gasteiger charge is -2.35. The number of fused-ring (bicyclic) bond motifs is 1. The molecule has 2 aromatic carbocycles. The lowest BCUT2D eigenvalue weighted by Crippen LogP contribution is -2.51. The van der Waals surface area contributed by atoms with Crippen molar-refractivity contribution in [2.75, 3.05) is 19.6 Å². The van der Waals surface area contributed by atoms with E-state index >= 15 is 0 Å². The van der Waals surface area contributed by atoms with Gasteiger partial charge in [0.25, 0.3) is 0 Å². The zero-order valence-corrected chi connectivity index (χ0v) is 16.9. The van der Waals surface area contributed by atoms with E-state index in [1.54, 1.807) is 6.07 Å². The van der Waals surface area contributed by atoms with E-state index in [2.05, 4.69) is 25.4 Å². The van der Waals surface area contributed by atoms with Gasteiger partial charge in [-0.05, 0) is 43.2 Å². The summed E-state index contributed by atoms with van der Waals surface area (Å²) in [6, 6.07) is 12.7. The minimum Gasteiger partial charge on any atom is -0.402 e. The van der Waals surface area contributed by atoms with E-state index in [-0.39, 0.29) is 11.9 Å². The molecular formula is C22H26FN7. The number of hydrogen-bond donors (Lipinski definition) is 4. The van der Waals surface area contributed by atoms with Gasteiger partial charge in [-0.25, -0.2) is 9.38 Å². The molecule has 156 valence electrons. The van der Waals surface area contributed by atoms with Crippen molar-refractivity contribution in [3.05, 3.63) is 77.1 Å². The number of piperazine rings is 1. The van der Waals surface area contributed by atoms with Gasteiger partial charge in [0.2, 0.25) is 0 Å². The third kappa shape index (κ3) is 4.13. The number of hydrogen-bond acceptors (Lipinski definition) is 5. The van der Waals surface area contributed by atoms with Crippen molar-refractivity contribution in [2.24, 2.45) is 16.5 Å². The Morgan fingerprint density at radius 3 is 2.97 bits per heavy atom. The maximum atomic E-state index is 14.0. The van der Waals surface area contributed by atoms with E-state index in [1.165, 1.54) is 12.3 Å². The molecular weight excluding hydrogens is 381 g/mol. The number of H-pyrrole nitrogens is 1. The summed E-state index contributed by atoms with van der Waals surface area (Å²) in [6.45, 7) is 4.13. The average Bonchev–Trinajstić information content (AvgIpc) is 3.14. The highest BCUT2D eigenvalue weighted by Gasteiger charge is 2.22. The predicted octanol–water partition coefficient (Wildman–Crippen LogP) is 1.99. The molecule has 8 heteroatoms. The van der Waals surface area contributed by atoms with Crippen LogP contribution in [0, 0.1) is 12.7 Å². The van der Waals surface area contributed by atoms with Gasteiger partial charge in [-0.2, -0.15) is 5.10 Å². The zero-order valence-electron chi connectivity index (χ0n) is 16.9. The number of aromatic amines is 1. The van der Waals surface area contributed by atoms with Crippen molar-refractivity contribution in [2.45, 2.75) is 19.4 Å². The predicted molar refractivity (Wildman–Crippen MR) is 117 cm³/mol. The third-order valence-corrected chi connectivity index (χ3v) is 5.43. The number of benzene rings is 2. The Kier molecular flexibility index (Phi) is 5.67. The average molecular weight is 407 g/mol. The second-order valence-electron chi connectivity index (χ2n) is 7.50. The Morgan fingerprint density at radius 2 is 2.17 bits per heavy atom. The summed E-state index contributed by atoms with van der Waals surface area (Å²) in [4.78, 5) is 6.67. The minimum absolute atomic E-state index is 0.0898. The normalized spacial score (nSPS) is 18.2. The maximum absolute atomic E-state index is 14.0. The summed E-state index contributed by atoms with van der Waals surface area (Å²) >= 11 is 0. The van der Waals surface area contributed by atoms with Crippen LogP contribution in [0.4, 0.5) is 4.39 Å². The van der Waals surface area contributed by atoms with Crippen LogP contribution in [-0.2, 0) is 6.42 Å². The van der Waals surface area contributed by atoms with Crippen LogP contribution in [0.5, 0.6) is 0 Å². The highest BCUT2D eigenvalue weighted by molar-refractivity contribution is 6.01. The molecule has 1 aliphatic heterocycles. The van der Waals surface area contributed by atoms with Gasteiger partial charge in [0.15, 0.2) is 0 Å². The van der Waals surface area contributed by atoms with Gasteiger partial charge < -0.3 is 21.7 Å². The lowest BCUT2D eigenvalue weighted by atomic mass is 10.0. The highest BCUT2D eigenvalue weighted by Crippen LogP contribution is 2.19. The van der Waals surface area contributed by atoms with Gasteiger partial charge in [-0.15, -0.1) is 0 Å². The Hall–Kier alpha value is -3.39. The van der Waals surface area contributed by atoms with Gasteiger partial charge in [0, 0.05) is 48.5 Å². The SMILES string of the molecule is Cc1[nH]nc2ccc(/C(N)=N/C(=C\N)N3CCNC(Cc4ccccc4F)C3)cc12. The first-order valence-electron chi connectivity index (χ1n) is 9.98. The first-order valence-corrected chi connectivity index (χ1v) is 9.98. The molecule has 1 aliphatic rings. The molecule has 1 saturated heterocycles. The maximum Gasteiger partial charge on any atom is 0.146 e. The minimum atomic E-state index is -0.182. The number of nitrogens with zero attached hydrogens (tertiary/aromatic N) is 3. The van der Waals surface area contributed by atoms with Crippen LogP contribution >= 0.6 is 0 Å². The van der Waals surface area contributed by atoms with Crippen molar-refractivity contribution in [3.63, 3.8) is 0 Å². The van der Waals surface area contributed by atoms with Crippen LogP contribution in [0.15, 0.2) is 59.5 Å². The third-order valence-electron chi connectivity index (χ3n) is 5.43. The number of aryl methyl sites for hydroxylation is 1. The van der Waals surface area contributed by atoms with Crippen LogP contribution < -0.4 is 16.8 Å². The van der Waals surface area contributed by atoms with Crippen molar-refractivity contribution in [1.82, 2.24) is 20.4 Å². The van der Waals surface area contributed by atoms with E-state index < -0.39 is 0 Å². The molecule has 0 aliphatic carbocycles.